The van der Waals surface area contributed by atoms with Crippen molar-refractivity contribution in [1.29, 1.82) is 0 Å². The van der Waals surface area contributed by atoms with Crippen molar-refractivity contribution in [1.82, 2.24) is 4.98 Å². The van der Waals surface area contributed by atoms with Crippen LogP contribution in [0.4, 0.5) is 11.4 Å². The first kappa shape index (κ1) is 12.3. The molecule has 0 radical (unpaired) electrons. The Labute approximate surface area is 114 Å². The van der Waals surface area contributed by atoms with Crippen LogP contribution in [0.3, 0.4) is 0 Å². The highest BCUT2D eigenvalue weighted by Crippen LogP contribution is 2.34. The van der Waals surface area contributed by atoms with Gasteiger partial charge in [0.1, 0.15) is 0 Å². The Morgan fingerprint density at radius 1 is 1.21 bits per heavy atom. The summed E-state index contributed by atoms with van der Waals surface area (Å²) in [4.78, 5) is 6.80. The van der Waals surface area contributed by atoms with Gasteiger partial charge in [0, 0.05) is 47.1 Å². The summed E-state index contributed by atoms with van der Waals surface area (Å²) >= 11 is 0. The van der Waals surface area contributed by atoms with E-state index in [1.165, 1.54) is 36.8 Å². The van der Waals surface area contributed by atoms with Crippen LogP contribution in [0.15, 0.2) is 30.6 Å². The van der Waals surface area contributed by atoms with E-state index in [2.05, 4.69) is 22.9 Å². The summed E-state index contributed by atoms with van der Waals surface area (Å²) in [6, 6.07) is 6.87. The number of aromatic nitrogens is 1. The molecule has 0 amide bonds. The minimum atomic E-state index is 0.678. The Morgan fingerprint density at radius 2 is 2.00 bits per heavy atom. The third-order valence-corrected chi connectivity index (χ3v) is 4.24. The lowest BCUT2D eigenvalue weighted by molar-refractivity contribution is 0.621. The molecule has 3 heteroatoms. The maximum Gasteiger partial charge on any atom is 0.0465 e. The quantitative estimate of drug-likeness (QED) is 0.852. The number of nitrogen functional groups attached to an aromatic ring is 1. The lowest BCUT2D eigenvalue weighted by atomic mass is 10.1. The van der Waals surface area contributed by atoms with Gasteiger partial charge >= 0.3 is 0 Å². The second kappa shape index (κ2) is 5.08. The Balaban J connectivity index is 2.10. The average Bonchev–Trinajstić information content (AvgIpc) is 2.96. The maximum absolute atomic E-state index is 6.07. The molecule has 1 aliphatic rings. The van der Waals surface area contributed by atoms with Crippen LogP contribution in [0.1, 0.15) is 32.6 Å². The van der Waals surface area contributed by atoms with Gasteiger partial charge in [-0.15, -0.1) is 0 Å². The van der Waals surface area contributed by atoms with E-state index in [0.29, 0.717) is 6.04 Å². The van der Waals surface area contributed by atoms with Crippen LogP contribution in [-0.2, 0) is 0 Å². The Kier molecular flexibility index (Phi) is 3.28. The van der Waals surface area contributed by atoms with Crippen molar-refractivity contribution in [2.24, 2.45) is 0 Å². The zero-order valence-corrected chi connectivity index (χ0v) is 11.5. The van der Waals surface area contributed by atoms with Crippen LogP contribution >= 0.6 is 0 Å². The number of hydrogen-bond donors (Lipinski definition) is 1. The molecule has 2 aromatic rings. The summed E-state index contributed by atoms with van der Waals surface area (Å²) in [6.45, 7) is 3.27. The van der Waals surface area contributed by atoms with Gasteiger partial charge in [-0.05, 0) is 38.0 Å². The van der Waals surface area contributed by atoms with Gasteiger partial charge < -0.3 is 10.6 Å². The molecule has 1 aliphatic carbocycles. The van der Waals surface area contributed by atoms with Gasteiger partial charge in [-0.2, -0.15) is 0 Å². The highest BCUT2D eigenvalue weighted by molar-refractivity contribution is 6.00. The van der Waals surface area contributed by atoms with E-state index in [-0.39, 0.29) is 0 Å². The summed E-state index contributed by atoms with van der Waals surface area (Å²) in [5.74, 6) is 0. The third-order valence-electron chi connectivity index (χ3n) is 4.24. The van der Waals surface area contributed by atoms with E-state index in [1.807, 2.05) is 24.5 Å². The number of pyridine rings is 1. The molecule has 1 saturated carbocycles. The van der Waals surface area contributed by atoms with Crippen LogP contribution in [0, 0.1) is 0 Å². The molecule has 1 aromatic heterocycles. The van der Waals surface area contributed by atoms with Gasteiger partial charge in [0.15, 0.2) is 0 Å². The molecule has 0 spiro atoms. The molecular formula is C16H21N3. The van der Waals surface area contributed by atoms with Gasteiger partial charge in [0.05, 0.1) is 0 Å². The smallest absolute Gasteiger partial charge is 0.0465 e. The molecule has 1 fully saturated rings. The molecule has 0 unspecified atom stereocenters. The van der Waals surface area contributed by atoms with Gasteiger partial charge in [-0.25, -0.2) is 0 Å². The van der Waals surface area contributed by atoms with Crippen molar-refractivity contribution >= 4 is 22.1 Å². The van der Waals surface area contributed by atoms with Crippen molar-refractivity contribution in [3.63, 3.8) is 0 Å². The van der Waals surface area contributed by atoms with E-state index >= 15 is 0 Å². The Hall–Kier alpha value is -1.77. The van der Waals surface area contributed by atoms with Crippen molar-refractivity contribution in [3.8, 4) is 0 Å². The molecular weight excluding hydrogens is 234 g/mol. The number of nitrogens with two attached hydrogens (primary N) is 1. The molecule has 2 N–H and O–H groups in total. The van der Waals surface area contributed by atoms with E-state index in [9.17, 15) is 0 Å². The maximum atomic E-state index is 6.07. The summed E-state index contributed by atoms with van der Waals surface area (Å²) < 4.78 is 0. The summed E-state index contributed by atoms with van der Waals surface area (Å²) in [6.07, 6.45) is 9.07. The summed E-state index contributed by atoms with van der Waals surface area (Å²) in [5.41, 5.74) is 8.19. The molecule has 100 valence electrons. The molecule has 3 rings (SSSR count). The second-order valence-electron chi connectivity index (χ2n) is 5.32. The molecule has 0 aliphatic heterocycles. The molecule has 1 aromatic carbocycles. The predicted molar refractivity (Wildman–Crippen MR) is 81.4 cm³/mol. The zero-order chi connectivity index (χ0) is 13.2. The number of anilines is 2. The fourth-order valence-corrected chi connectivity index (χ4v) is 3.29. The number of hydrogen-bond acceptors (Lipinski definition) is 3. The van der Waals surface area contributed by atoms with Crippen LogP contribution in [0.2, 0.25) is 0 Å². The van der Waals surface area contributed by atoms with E-state index in [0.717, 1.165) is 17.6 Å². The van der Waals surface area contributed by atoms with E-state index in [1.54, 1.807) is 0 Å². The molecule has 3 nitrogen and oxygen atoms in total. The molecule has 0 saturated heterocycles. The lowest BCUT2D eigenvalue weighted by Crippen LogP contribution is -2.33. The van der Waals surface area contributed by atoms with Crippen LogP contribution in [0.25, 0.3) is 10.8 Å². The number of nitrogens with zero attached hydrogens (tertiary/aromatic N) is 2. The second-order valence-corrected chi connectivity index (χ2v) is 5.32. The summed E-state index contributed by atoms with van der Waals surface area (Å²) in [5, 5.41) is 2.29. The van der Waals surface area contributed by atoms with Gasteiger partial charge in [-0.1, -0.05) is 12.8 Å². The van der Waals surface area contributed by atoms with Crippen LogP contribution < -0.4 is 10.6 Å². The molecule has 19 heavy (non-hydrogen) atoms. The fraction of sp³-hybridized carbons (Fsp3) is 0.438. The van der Waals surface area contributed by atoms with E-state index in [4.69, 9.17) is 5.73 Å². The van der Waals surface area contributed by atoms with Crippen molar-refractivity contribution in [3.05, 3.63) is 30.6 Å². The highest BCUT2D eigenvalue weighted by Gasteiger charge is 2.23. The largest absolute Gasteiger partial charge is 0.398 e. The summed E-state index contributed by atoms with van der Waals surface area (Å²) in [7, 11) is 0. The van der Waals surface area contributed by atoms with Crippen molar-refractivity contribution in [2.45, 2.75) is 38.6 Å². The third kappa shape index (κ3) is 2.14. The molecule has 1 heterocycles. The van der Waals surface area contributed by atoms with Crippen molar-refractivity contribution in [2.75, 3.05) is 17.2 Å². The minimum Gasteiger partial charge on any atom is -0.398 e. The lowest BCUT2D eigenvalue weighted by Gasteiger charge is -2.31. The average molecular weight is 255 g/mol. The van der Waals surface area contributed by atoms with E-state index < -0.39 is 0 Å². The highest BCUT2D eigenvalue weighted by atomic mass is 15.2. The van der Waals surface area contributed by atoms with Crippen LogP contribution in [-0.4, -0.2) is 17.6 Å². The first-order chi connectivity index (χ1) is 9.31. The van der Waals surface area contributed by atoms with Gasteiger partial charge in [0.2, 0.25) is 0 Å². The standard InChI is InChI=1S/C16H21N3/c1-2-19(12-5-3-4-6-12)16-8-7-15(17)13-9-10-18-11-14(13)16/h7-12H,2-6,17H2,1H3. The Bertz CT molecular complexity index is 573. The topological polar surface area (TPSA) is 42.1 Å². The Morgan fingerprint density at radius 3 is 2.74 bits per heavy atom. The van der Waals surface area contributed by atoms with Crippen molar-refractivity contribution < 1.29 is 0 Å². The molecule has 0 bridgehead atoms. The predicted octanol–water partition coefficient (Wildman–Crippen LogP) is 3.59. The minimum absolute atomic E-state index is 0.678. The molecule has 0 atom stereocenters. The van der Waals surface area contributed by atoms with Gasteiger partial charge in [-0.3, -0.25) is 4.98 Å². The number of fused-ring (bicyclic) bond motifs is 1. The first-order valence-electron chi connectivity index (χ1n) is 7.20. The van der Waals surface area contributed by atoms with Gasteiger partial charge in [0.25, 0.3) is 0 Å². The normalized spacial score (nSPS) is 16.1. The zero-order valence-electron chi connectivity index (χ0n) is 11.5. The number of rotatable bonds is 3. The monoisotopic (exact) mass is 255 g/mol. The van der Waals surface area contributed by atoms with Crippen LogP contribution in [0.5, 0.6) is 0 Å². The fourth-order valence-electron chi connectivity index (χ4n) is 3.29. The number of benzene rings is 1. The SMILES string of the molecule is CCN(c1ccc(N)c2ccncc12)C1CCCC1. The first-order valence-corrected chi connectivity index (χ1v) is 7.20.